The van der Waals surface area contributed by atoms with Crippen LogP contribution < -0.4 is 4.74 Å². The highest BCUT2D eigenvalue weighted by Crippen LogP contribution is 2.15. The van der Waals surface area contributed by atoms with Crippen LogP contribution in [0, 0.1) is 5.92 Å². The molecule has 0 saturated carbocycles. The zero-order valence-corrected chi connectivity index (χ0v) is 14.4. The lowest BCUT2D eigenvalue weighted by molar-refractivity contribution is 0.277. The normalized spacial score (nSPS) is 10.6. The molecule has 0 aliphatic carbocycles. The van der Waals surface area contributed by atoms with Gasteiger partial charge in [-0.3, -0.25) is 0 Å². The van der Waals surface area contributed by atoms with Crippen LogP contribution in [-0.4, -0.2) is 14.2 Å². The number of aryl methyl sites for hydroxylation is 1. The van der Waals surface area contributed by atoms with Gasteiger partial charge in [0.1, 0.15) is 5.75 Å². The Hall–Kier alpha value is -1.28. The largest absolute Gasteiger partial charge is 0.465 e. The third-order valence-electron chi connectivity index (χ3n) is 3.01. The van der Waals surface area contributed by atoms with Crippen LogP contribution in [0.3, 0.4) is 0 Å². The van der Waals surface area contributed by atoms with Gasteiger partial charge in [0.2, 0.25) is 0 Å². The summed E-state index contributed by atoms with van der Waals surface area (Å²) < 4.78 is 9.65. The van der Waals surface area contributed by atoms with Crippen LogP contribution >= 0.6 is 0 Å². The monoisotopic (exact) mass is 292 g/mol. The van der Waals surface area contributed by atoms with Gasteiger partial charge in [0, 0.05) is 14.2 Å². The van der Waals surface area contributed by atoms with E-state index in [0.717, 1.165) is 11.7 Å². The molecular formula is C19H32O2. The van der Waals surface area contributed by atoms with E-state index in [-0.39, 0.29) is 0 Å². The molecular weight excluding hydrogens is 260 g/mol. The fraction of sp³-hybridized carbons (Fsp3) is 0.579. The van der Waals surface area contributed by atoms with Gasteiger partial charge in [-0.2, -0.15) is 0 Å². The number of rotatable bonds is 8. The molecule has 21 heavy (non-hydrogen) atoms. The molecule has 0 fully saturated rings. The Morgan fingerprint density at radius 2 is 1.62 bits per heavy atom. The van der Waals surface area contributed by atoms with E-state index in [2.05, 4.69) is 30.7 Å². The van der Waals surface area contributed by atoms with E-state index in [0.29, 0.717) is 0 Å². The summed E-state index contributed by atoms with van der Waals surface area (Å²) in [5.41, 5.74) is 1.41. The number of methoxy groups -OCH3 is 1. The molecule has 1 aromatic rings. The smallest absolute Gasteiger partial charge is 0.126 e. The number of benzene rings is 1. The van der Waals surface area contributed by atoms with E-state index in [4.69, 9.17) is 4.74 Å². The lowest BCUT2D eigenvalue weighted by Crippen LogP contribution is -1.90. The zero-order chi connectivity index (χ0) is 15.9. The van der Waals surface area contributed by atoms with Gasteiger partial charge in [0.15, 0.2) is 0 Å². The summed E-state index contributed by atoms with van der Waals surface area (Å²) >= 11 is 0. The standard InChI is InChI=1S/C17H26O.C2H6O/c1-4-14-18-17-12-10-16(11-13-17)9-7-5-6-8-15(2)3;1-3-2/h4,10-15H,5-9H2,1-3H3;1-2H3. The molecule has 0 aliphatic rings. The first-order valence-corrected chi connectivity index (χ1v) is 7.90. The molecule has 0 aromatic heterocycles. The molecule has 0 atom stereocenters. The predicted molar refractivity (Wildman–Crippen MR) is 91.8 cm³/mol. The van der Waals surface area contributed by atoms with Crippen LogP contribution in [0.4, 0.5) is 0 Å². The quantitative estimate of drug-likeness (QED) is 0.457. The van der Waals surface area contributed by atoms with Gasteiger partial charge in [0.05, 0.1) is 6.26 Å². The highest BCUT2D eigenvalue weighted by Gasteiger charge is 1.97. The van der Waals surface area contributed by atoms with Crippen molar-refractivity contribution in [3.63, 3.8) is 0 Å². The highest BCUT2D eigenvalue weighted by atomic mass is 16.5. The highest BCUT2D eigenvalue weighted by molar-refractivity contribution is 5.27. The van der Waals surface area contributed by atoms with E-state index in [1.807, 2.05) is 25.1 Å². The molecule has 0 unspecified atom stereocenters. The first kappa shape index (κ1) is 19.7. The number of ether oxygens (including phenoxy) is 2. The van der Waals surface area contributed by atoms with Crippen molar-refractivity contribution in [3.05, 3.63) is 42.2 Å². The number of hydrogen-bond donors (Lipinski definition) is 0. The molecule has 0 heterocycles. The summed E-state index contributed by atoms with van der Waals surface area (Å²) in [6.45, 7) is 6.54. The van der Waals surface area contributed by atoms with E-state index in [1.54, 1.807) is 20.5 Å². The summed E-state index contributed by atoms with van der Waals surface area (Å²) in [6.07, 6.45) is 10.1. The Morgan fingerprint density at radius 3 is 2.14 bits per heavy atom. The molecule has 1 aromatic carbocycles. The van der Waals surface area contributed by atoms with Crippen LogP contribution in [0.1, 0.15) is 52.0 Å². The summed E-state index contributed by atoms with van der Waals surface area (Å²) in [5.74, 6) is 1.75. The van der Waals surface area contributed by atoms with Crippen molar-refractivity contribution in [3.8, 4) is 5.75 Å². The molecule has 0 aliphatic heterocycles. The summed E-state index contributed by atoms with van der Waals surface area (Å²) in [4.78, 5) is 0. The average molecular weight is 292 g/mol. The SMILES string of the molecule is CC=COc1ccc(CCCCCC(C)C)cc1.COC. The minimum absolute atomic E-state index is 0.841. The van der Waals surface area contributed by atoms with Gasteiger partial charge in [0.25, 0.3) is 0 Å². The molecule has 0 N–H and O–H groups in total. The third-order valence-corrected chi connectivity index (χ3v) is 3.01. The van der Waals surface area contributed by atoms with Crippen LogP contribution in [0.5, 0.6) is 5.75 Å². The zero-order valence-electron chi connectivity index (χ0n) is 14.4. The van der Waals surface area contributed by atoms with Crippen molar-refractivity contribution >= 4 is 0 Å². The second-order valence-electron chi connectivity index (χ2n) is 5.63. The Morgan fingerprint density at radius 1 is 1.00 bits per heavy atom. The Balaban J connectivity index is 0.00000122. The first-order chi connectivity index (χ1) is 10.1. The molecule has 0 bridgehead atoms. The van der Waals surface area contributed by atoms with Crippen LogP contribution in [0.2, 0.25) is 0 Å². The lowest BCUT2D eigenvalue weighted by atomic mass is 10.0. The van der Waals surface area contributed by atoms with E-state index in [1.165, 1.54) is 37.7 Å². The van der Waals surface area contributed by atoms with Gasteiger partial charge in [-0.15, -0.1) is 0 Å². The second-order valence-corrected chi connectivity index (χ2v) is 5.63. The summed E-state index contributed by atoms with van der Waals surface area (Å²) in [6, 6.07) is 8.43. The Bertz CT molecular complexity index is 352. The molecule has 0 radical (unpaired) electrons. The lowest BCUT2D eigenvalue weighted by Gasteiger charge is -2.05. The van der Waals surface area contributed by atoms with Crippen LogP contribution in [-0.2, 0) is 11.2 Å². The molecule has 0 saturated heterocycles. The van der Waals surface area contributed by atoms with Crippen molar-refractivity contribution in [2.45, 2.75) is 52.9 Å². The van der Waals surface area contributed by atoms with Crippen LogP contribution in [0.15, 0.2) is 36.6 Å². The van der Waals surface area contributed by atoms with Crippen molar-refractivity contribution in [2.24, 2.45) is 5.92 Å². The van der Waals surface area contributed by atoms with Gasteiger partial charge in [-0.1, -0.05) is 51.3 Å². The molecule has 2 heteroatoms. The van der Waals surface area contributed by atoms with Gasteiger partial charge in [-0.25, -0.2) is 0 Å². The van der Waals surface area contributed by atoms with Crippen molar-refractivity contribution < 1.29 is 9.47 Å². The third kappa shape index (κ3) is 12.2. The minimum atomic E-state index is 0.841. The van der Waals surface area contributed by atoms with Gasteiger partial charge >= 0.3 is 0 Å². The first-order valence-electron chi connectivity index (χ1n) is 7.90. The topological polar surface area (TPSA) is 18.5 Å². The summed E-state index contributed by atoms with van der Waals surface area (Å²) in [5, 5.41) is 0. The Labute approximate surface area is 131 Å². The minimum Gasteiger partial charge on any atom is -0.465 e. The molecule has 0 amide bonds. The molecule has 0 spiro atoms. The van der Waals surface area contributed by atoms with Crippen molar-refractivity contribution in [1.82, 2.24) is 0 Å². The average Bonchev–Trinajstić information content (AvgIpc) is 2.46. The Kier molecular flexibility index (Phi) is 12.9. The molecule has 2 nitrogen and oxygen atoms in total. The van der Waals surface area contributed by atoms with Crippen LogP contribution in [0.25, 0.3) is 0 Å². The predicted octanol–water partition coefficient (Wildman–Crippen LogP) is 5.62. The number of unbranched alkanes of at least 4 members (excludes halogenated alkanes) is 2. The van der Waals surface area contributed by atoms with Crippen molar-refractivity contribution in [2.75, 3.05) is 14.2 Å². The molecule has 1 rings (SSSR count). The second kappa shape index (κ2) is 13.7. The van der Waals surface area contributed by atoms with Gasteiger partial charge in [-0.05, 0) is 43.4 Å². The van der Waals surface area contributed by atoms with Crippen molar-refractivity contribution in [1.29, 1.82) is 0 Å². The summed E-state index contributed by atoms with van der Waals surface area (Å²) in [7, 11) is 3.25. The molecule has 120 valence electrons. The number of allylic oxidation sites excluding steroid dienone is 1. The maximum atomic E-state index is 5.40. The number of hydrogen-bond acceptors (Lipinski definition) is 2. The van der Waals surface area contributed by atoms with E-state index in [9.17, 15) is 0 Å². The van der Waals surface area contributed by atoms with E-state index >= 15 is 0 Å². The fourth-order valence-corrected chi connectivity index (χ4v) is 1.94. The van der Waals surface area contributed by atoms with E-state index < -0.39 is 0 Å². The van der Waals surface area contributed by atoms with Gasteiger partial charge < -0.3 is 9.47 Å². The fourth-order valence-electron chi connectivity index (χ4n) is 1.94. The maximum Gasteiger partial charge on any atom is 0.126 e. The maximum absolute atomic E-state index is 5.40.